The van der Waals surface area contributed by atoms with Crippen LogP contribution in [0, 0.1) is 10.1 Å². The summed E-state index contributed by atoms with van der Waals surface area (Å²) in [6, 6.07) is 15.3. The number of hydrogen-bond acceptors (Lipinski definition) is 3. The lowest BCUT2D eigenvalue weighted by Gasteiger charge is -2.02. The van der Waals surface area contributed by atoms with Crippen molar-refractivity contribution in [3.63, 3.8) is 0 Å². The molecule has 0 heterocycles. The van der Waals surface area contributed by atoms with E-state index in [1.807, 2.05) is 18.2 Å². The first-order valence-electron chi connectivity index (χ1n) is 5.33. The molecule has 2 rings (SSSR count). The van der Waals surface area contributed by atoms with Gasteiger partial charge in [0, 0.05) is 17.0 Å². The molecule has 0 aromatic heterocycles. The molecule has 18 heavy (non-hydrogen) atoms. The first-order valence-corrected chi connectivity index (χ1v) is 6.65. The molecule has 0 aliphatic heterocycles. The molecule has 0 spiro atoms. The van der Waals surface area contributed by atoms with Crippen LogP contribution in [0.3, 0.4) is 0 Å². The SMILES string of the molecule is O=[N+]([O-])c1cccc(CS(=O)c2ccccc2)c1. The molecular weight excluding hydrogens is 250 g/mol. The highest BCUT2D eigenvalue weighted by atomic mass is 32.2. The Morgan fingerprint density at radius 1 is 1.06 bits per heavy atom. The predicted molar refractivity (Wildman–Crippen MR) is 69.7 cm³/mol. The van der Waals surface area contributed by atoms with Gasteiger partial charge in [-0.2, -0.15) is 0 Å². The Labute approximate surface area is 107 Å². The summed E-state index contributed by atoms with van der Waals surface area (Å²) in [7, 11) is -1.18. The number of benzene rings is 2. The second-order valence-electron chi connectivity index (χ2n) is 3.73. The summed E-state index contributed by atoms with van der Waals surface area (Å²) < 4.78 is 12.0. The fraction of sp³-hybridized carbons (Fsp3) is 0.0769. The van der Waals surface area contributed by atoms with Crippen LogP contribution in [0.25, 0.3) is 0 Å². The fourth-order valence-corrected chi connectivity index (χ4v) is 2.68. The van der Waals surface area contributed by atoms with Crippen LogP contribution in [0.1, 0.15) is 5.56 Å². The van der Waals surface area contributed by atoms with Crippen LogP contribution in [0.2, 0.25) is 0 Å². The topological polar surface area (TPSA) is 60.2 Å². The van der Waals surface area contributed by atoms with Gasteiger partial charge in [-0.1, -0.05) is 30.3 Å². The summed E-state index contributed by atoms with van der Waals surface area (Å²) >= 11 is 0. The number of non-ortho nitro benzene ring substituents is 1. The third kappa shape index (κ3) is 3.01. The van der Waals surface area contributed by atoms with E-state index in [0.29, 0.717) is 5.56 Å². The van der Waals surface area contributed by atoms with E-state index < -0.39 is 15.7 Å². The lowest BCUT2D eigenvalue weighted by molar-refractivity contribution is -0.384. The summed E-state index contributed by atoms with van der Waals surface area (Å²) in [6.45, 7) is 0. The van der Waals surface area contributed by atoms with Crippen molar-refractivity contribution in [1.29, 1.82) is 0 Å². The summed E-state index contributed by atoms with van der Waals surface area (Å²) in [5.74, 6) is 0.283. The Hall–Kier alpha value is -2.01. The Kier molecular flexibility index (Phi) is 3.84. The van der Waals surface area contributed by atoms with Gasteiger partial charge in [0.15, 0.2) is 0 Å². The molecule has 0 aliphatic rings. The monoisotopic (exact) mass is 261 g/mol. The van der Waals surface area contributed by atoms with Crippen molar-refractivity contribution in [1.82, 2.24) is 0 Å². The van der Waals surface area contributed by atoms with Gasteiger partial charge < -0.3 is 0 Å². The number of nitro benzene ring substituents is 1. The van der Waals surface area contributed by atoms with Gasteiger partial charge >= 0.3 is 0 Å². The Bertz CT molecular complexity index is 584. The molecule has 92 valence electrons. The molecule has 2 aromatic carbocycles. The van der Waals surface area contributed by atoms with Gasteiger partial charge in [0.1, 0.15) is 0 Å². The highest BCUT2D eigenvalue weighted by Crippen LogP contribution is 2.17. The van der Waals surface area contributed by atoms with Gasteiger partial charge in [-0.15, -0.1) is 0 Å². The Morgan fingerprint density at radius 3 is 2.44 bits per heavy atom. The van der Waals surface area contributed by atoms with Gasteiger partial charge in [-0.05, 0) is 17.7 Å². The first kappa shape index (κ1) is 12.4. The number of hydrogen-bond donors (Lipinski definition) is 0. The summed E-state index contributed by atoms with van der Waals surface area (Å²) in [5, 5.41) is 10.6. The van der Waals surface area contributed by atoms with Gasteiger partial charge in [-0.25, -0.2) is 0 Å². The molecule has 2 aromatic rings. The van der Waals surface area contributed by atoms with Crippen molar-refractivity contribution < 1.29 is 9.13 Å². The van der Waals surface area contributed by atoms with E-state index in [2.05, 4.69) is 0 Å². The lowest BCUT2D eigenvalue weighted by Crippen LogP contribution is -1.97. The van der Waals surface area contributed by atoms with E-state index in [-0.39, 0.29) is 11.4 Å². The van der Waals surface area contributed by atoms with Crippen LogP contribution in [0.4, 0.5) is 5.69 Å². The highest BCUT2D eigenvalue weighted by molar-refractivity contribution is 7.84. The molecule has 0 fully saturated rings. The maximum atomic E-state index is 12.0. The molecule has 1 atom stereocenters. The average molecular weight is 261 g/mol. The molecule has 5 heteroatoms. The second kappa shape index (κ2) is 5.55. The van der Waals surface area contributed by atoms with E-state index in [0.717, 1.165) is 4.90 Å². The number of rotatable bonds is 4. The summed E-state index contributed by atoms with van der Waals surface area (Å²) in [4.78, 5) is 10.9. The van der Waals surface area contributed by atoms with Crippen LogP contribution in [-0.2, 0) is 16.6 Å². The molecule has 0 saturated carbocycles. The zero-order valence-corrected chi connectivity index (χ0v) is 10.3. The maximum absolute atomic E-state index is 12.0. The van der Waals surface area contributed by atoms with Crippen LogP contribution >= 0.6 is 0 Å². The summed E-state index contributed by atoms with van der Waals surface area (Å²) in [5.41, 5.74) is 0.726. The second-order valence-corrected chi connectivity index (χ2v) is 5.18. The van der Waals surface area contributed by atoms with Crippen molar-refractivity contribution in [3.8, 4) is 0 Å². The largest absolute Gasteiger partial charge is 0.269 e. The van der Waals surface area contributed by atoms with Crippen LogP contribution in [0.5, 0.6) is 0 Å². The van der Waals surface area contributed by atoms with Gasteiger partial charge in [0.05, 0.1) is 21.5 Å². The minimum absolute atomic E-state index is 0.0255. The van der Waals surface area contributed by atoms with E-state index in [4.69, 9.17) is 0 Å². The maximum Gasteiger partial charge on any atom is 0.269 e. The lowest BCUT2D eigenvalue weighted by atomic mass is 10.2. The number of nitro groups is 1. The van der Waals surface area contributed by atoms with Crippen LogP contribution in [0.15, 0.2) is 59.5 Å². The third-order valence-electron chi connectivity index (χ3n) is 2.43. The standard InChI is InChI=1S/C13H11NO3S/c15-14(16)12-6-4-5-11(9-12)10-18(17)13-7-2-1-3-8-13/h1-9H,10H2. The van der Waals surface area contributed by atoms with E-state index in [9.17, 15) is 14.3 Å². The van der Waals surface area contributed by atoms with Gasteiger partial charge in [0.2, 0.25) is 0 Å². The van der Waals surface area contributed by atoms with E-state index in [1.165, 1.54) is 12.1 Å². The van der Waals surface area contributed by atoms with Crippen molar-refractivity contribution >= 4 is 16.5 Å². The molecule has 0 bridgehead atoms. The normalized spacial score (nSPS) is 12.0. The van der Waals surface area contributed by atoms with Crippen LogP contribution < -0.4 is 0 Å². The number of nitrogens with zero attached hydrogens (tertiary/aromatic N) is 1. The van der Waals surface area contributed by atoms with Gasteiger partial charge in [0.25, 0.3) is 5.69 Å². The molecule has 0 radical (unpaired) electrons. The van der Waals surface area contributed by atoms with Crippen molar-refractivity contribution in [2.24, 2.45) is 0 Å². The molecule has 0 N–H and O–H groups in total. The first-order chi connectivity index (χ1) is 8.66. The Balaban J connectivity index is 2.17. The van der Waals surface area contributed by atoms with Crippen molar-refractivity contribution in [3.05, 3.63) is 70.3 Å². The van der Waals surface area contributed by atoms with Crippen LogP contribution in [-0.4, -0.2) is 9.13 Å². The smallest absolute Gasteiger partial charge is 0.258 e. The molecule has 1 unspecified atom stereocenters. The van der Waals surface area contributed by atoms with E-state index >= 15 is 0 Å². The summed E-state index contributed by atoms with van der Waals surface area (Å²) in [6.07, 6.45) is 0. The minimum Gasteiger partial charge on any atom is -0.258 e. The zero-order chi connectivity index (χ0) is 13.0. The quantitative estimate of drug-likeness (QED) is 0.628. The van der Waals surface area contributed by atoms with Crippen molar-refractivity contribution in [2.45, 2.75) is 10.6 Å². The highest BCUT2D eigenvalue weighted by Gasteiger charge is 2.09. The Morgan fingerprint density at radius 2 is 1.78 bits per heavy atom. The molecule has 0 aliphatic carbocycles. The third-order valence-corrected chi connectivity index (χ3v) is 3.82. The molecular formula is C13H11NO3S. The minimum atomic E-state index is -1.18. The molecule has 0 saturated heterocycles. The zero-order valence-electron chi connectivity index (χ0n) is 9.48. The van der Waals surface area contributed by atoms with E-state index in [1.54, 1.807) is 24.3 Å². The fourth-order valence-electron chi connectivity index (χ4n) is 1.57. The van der Waals surface area contributed by atoms with Gasteiger partial charge in [-0.3, -0.25) is 14.3 Å². The molecule has 0 amide bonds. The van der Waals surface area contributed by atoms with Crippen molar-refractivity contribution in [2.75, 3.05) is 0 Å². The molecule has 4 nitrogen and oxygen atoms in total. The average Bonchev–Trinajstić information content (AvgIpc) is 2.40. The predicted octanol–water partition coefficient (Wildman–Crippen LogP) is 2.90.